The van der Waals surface area contributed by atoms with E-state index in [1.54, 1.807) is 6.07 Å². The van der Waals surface area contributed by atoms with Crippen LogP contribution in [0, 0.1) is 5.82 Å². The van der Waals surface area contributed by atoms with E-state index in [4.69, 9.17) is 5.14 Å². The maximum Gasteiger partial charge on any atom is 0.268 e. The summed E-state index contributed by atoms with van der Waals surface area (Å²) in [5.74, 6) is -0.695. The van der Waals surface area contributed by atoms with Gasteiger partial charge in [-0.3, -0.25) is 10.2 Å². The standard InChI is InChI=1S/C18H16FN5O3S/c19-10-1-6-14-13(9-10)16-15(7-8-21-18(25)17(16)22-14)24-23-11-2-4-12(5-3-11)28(20,26)27/h1-6,9,22-23H,7-8H2,(H,21,25)(H2,20,26,27)/b24-15+. The van der Waals surface area contributed by atoms with Crippen LogP contribution in [0.3, 0.4) is 0 Å². The van der Waals surface area contributed by atoms with Crippen molar-refractivity contribution in [1.29, 1.82) is 0 Å². The van der Waals surface area contributed by atoms with Crippen molar-refractivity contribution < 1.29 is 17.6 Å². The van der Waals surface area contributed by atoms with Crippen molar-refractivity contribution in [2.24, 2.45) is 10.2 Å². The maximum atomic E-state index is 13.8. The third-order valence-corrected chi connectivity index (χ3v) is 5.36. The summed E-state index contributed by atoms with van der Waals surface area (Å²) in [6.45, 7) is 0.378. The highest BCUT2D eigenvalue weighted by Crippen LogP contribution is 2.27. The Labute approximate surface area is 159 Å². The minimum Gasteiger partial charge on any atom is -0.350 e. The first kappa shape index (κ1) is 18.1. The predicted molar refractivity (Wildman–Crippen MR) is 103 cm³/mol. The van der Waals surface area contributed by atoms with Crippen molar-refractivity contribution in [2.45, 2.75) is 11.3 Å². The zero-order valence-corrected chi connectivity index (χ0v) is 15.3. The van der Waals surface area contributed by atoms with Crippen molar-refractivity contribution in [3.63, 3.8) is 0 Å². The molecule has 144 valence electrons. The first-order valence-electron chi connectivity index (χ1n) is 8.38. The van der Waals surface area contributed by atoms with Gasteiger partial charge in [-0.05, 0) is 42.5 Å². The number of fused-ring (bicyclic) bond motifs is 3. The van der Waals surface area contributed by atoms with E-state index in [9.17, 15) is 17.6 Å². The Balaban J connectivity index is 1.74. The molecule has 1 amide bonds. The van der Waals surface area contributed by atoms with Crippen LogP contribution in [-0.2, 0) is 10.0 Å². The topological polar surface area (TPSA) is 129 Å². The third kappa shape index (κ3) is 3.35. The number of carbonyl (C=O) groups excluding carboxylic acids is 1. The van der Waals surface area contributed by atoms with Crippen LogP contribution in [0.4, 0.5) is 10.1 Å². The van der Waals surface area contributed by atoms with Crippen LogP contribution in [0.15, 0.2) is 52.5 Å². The van der Waals surface area contributed by atoms with Crippen LogP contribution in [0.2, 0.25) is 0 Å². The third-order valence-electron chi connectivity index (χ3n) is 4.43. The average Bonchev–Trinajstić information content (AvgIpc) is 2.95. The maximum absolute atomic E-state index is 13.8. The quantitative estimate of drug-likeness (QED) is 0.500. The number of benzene rings is 2. The number of amides is 1. The van der Waals surface area contributed by atoms with E-state index in [1.165, 1.54) is 36.4 Å². The Bertz CT molecular complexity index is 1220. The summed E-state index contributed by atoms with van der Waals surface area (Å²) in [7, 11) is -3.78. The summed E-state index contributed by atoms with van der Waals surface area (Å²) in [6.07, 6.45) is 0.435. The Morgan fingerprint density at radius 2 is 1.89 bits per heavy atom. The number of H-pyrrole nitrogens is 1. The van der Waals surface area contributed by atoms with Gasteiger partial charge in [0, 0.05) is 29.4 Å². The van der Waals surface area contributed by atoms with E-state index in [1.807, 2.05) is 0 Å². The number of nitrogens with one attached hydrogen (secondary N) is 3. The van der Waals surface area contributed by atoms with Gasteiger partial charge >= 0.3 is 0 Å². The first-order valence-corrected chi connectivity index (χ1v) is 9.93. The van der Waals surface area contributed by atoms with E-state index < -0.39 is 15.8 Å². The highest BCUT2D eigenvalue weighted by atomic mass is 32.2. The smallest absolute Gasteiger partial charge is 0.268 e. The molecular weight excluding hydrogens is 385 g/mol. The summed E-state index contributed by atoms with van der Waals surface area (Å²) in [5, 5.41) is 12.8. The number of nitrogens with two attached hydrogens (primary N) is 1. The van der Waals surface area contributed by atoms with E-state index in [-0.39, 0.29) is 10.8 Å². The van der Waals surface area contributed by atoms with Crippen LogP contribution < -0.4 is 15.9 Å². The fourth-order valence-electron chi connectivity index (χ4n) is 3.10. The van der Waals surface area contributed by atoms with Gasteiger partial charge in [0.25, 0.3) is 5.91 Å². The molecule has 0 bridgehead atoms. The van der Waals surface area contributed by atoms with Crippen LogP contribution in [-0.4, -0.2) is 31.6 Å². The lowest BCUT2D eigenvalue weighted by atomic mass is 10.0. The predicted octanol–water partition coefficient (Wildman–Crippen LogP) is 1.90. The fourth-order valence-corrected chi connectivity index (χ4v) is 3.62. The first-order chi connectivity index (χ1) is 13.3. The highest BCUT2D eigenvalue weighted by molar-refractivity contribution is 7.89. The molecule has 0 radical (unpaired) electrons. The van der Waals surface area contributed by atoms with Gasteiger partial charge in [-0.1, -0.05) is 0 Å². The number of primary sulfonamides is 1. The lowest BCUT2D eigenvalue weighted by molar-refractivity contribution is 0.0952. The van der Waals surface area contributed by atoms with Crippen LogP contribution in [0.1, 0.15) is 22.5 Å². The van der Waals surface area contributed by atoms with Gasteiger partial charge in [0.1, 0.15) is 11.5 Å². The molecule has 0 atom stereocenters. The van der Waals surface area contributed by atoms with E-state index in [0.717, 1.165) is 0 Å². The number of hydrogen-bond acceptors (Lipinski definition) is 5. The second kappa shape index (κ2) is 6.73. The number of hydrazone groups is 1. The monoisotopic (exact) mass is 401 g/mol. The molecule has 0 unspecified atom stereocenters. The molecule has 4 rings (SSSR count). The van der Waals surface area contributed by atoms with Gasteiger partial charge in [-0.25, -0.2) is 17.9 Å². The number of halogens is 1. The molecule has 0 fully saturated rings. The molecule has 1 aliphatic rings. The van der Waals surface area contributed by atoms with Gasteiger partial charge in [-0.15, -0.1) is 0 Å². The number of anilines is 1. The molecule has 1 aliphatic heterocycles. The van der Waals surface area contributed by atoms with Gasteiger partial charge in [-0.2, -0.15) is 5.10 Å². The lowest BCUT2D eigenvalue weighted by Crippen LogP contribution is -2.23. The van der Waals surface area contributed by atoms with Gasteiger partial charge < -0.3 is 10.3 Å². The number of carbonyl (C=O) groups is 1. The zero-order chi connectivity index (χ0) is 19.9. The molecule has 0 saturated carbocycles. The molecule has 8 nitrogen and oxygen atoms in total. The molecule has 10 heteroatoms. The minimum absolute atomic E-state index is 0.00986. The van der Waals surface area contributed by atoms with Crippen molar-refractivity contribution >= 4 is 38.2 Å². The summed E-state index contributed by atoms with van der Waals surface area (Å²) >= 11 is 0. The molecule has 28 heavy (non-hydrogen) atoms. The second-order valence-corrected chi connectivity index (χ2v) is 7.87. The minimum atomic E-state index is -3.78. The number of aromatic nitrogens is 1. The van der Waals surface area contributed by atoms with Gasteiger partial charge in [0.15, 0.2) is 0 Å². The van der Waals surface area contributed by atoms with Crippen molar-refractivity contribution in [3.8, 4) is 0 Å². The number of nitrogens with zero attached hydrogens (tertiary/aromatic N) is 1. The largest absolute Gasteiger partial charge is 0.350 e. The molecule has 0 aliphatic carbocycles. The molecule has 2 heterocycles. The van der Waals surface area contributed by atoms with Crippen LogP contribution in [0.5, 0.6) is 0 Å². The Kier molecular flexibility index (Phi) is 4.36. The SMILES string of the molecule is NS(=O)(=O)c1ccc(N/N=C2\CCNC(=O)c3[nH]c4ccc(F)cc4c32)cc1. The Morgan fingerprint density at radius 3 is 2.61 bits per heavy atom. The second-order valence-electron chi connectivity index (χ2n) is 6.31. The lowest BCUT2D eigenvalue weighted by Gasteiger charge is -2.07. The fraction of sp³-hybridized carbons (Fsp3) is 0.111. The van der Waals surface area contributed by atoms with Crippen LogP contribution >= 0.6 is 0 Å². The number of hydrogen-bond donors (Lipinski definition) is 4. The van der Waals surface area contributed by atoms with Gasteiger partial charge in [0.2, 0.25) is 10.0 Å². The number of sulfonamides is 1. The molecule has 1 aromatic heterocycles. The van der Waals surface area contributed by atoms with E-state index in [0.29, 0.717) is 46.5 Å². The van der Waals surface area contributed by atoms with E-state index >= 15 is 0 Å². The Morgan fingerprint density at radius 1 is 1.14 bits per heavy atom. The number of rotatable bonds is 3. The molecule has 0 saturated heterocycles. The summed E-state index contributed by atoms with van der Waals surface area (Å²) < 4.78 is 36.4. The molecule has 2 aromatic carbocycles. The summed E-state index contributed by atoms with van der Waals surface area (Å²) in [5.41, 5.74) is 5.45. The average molecular weight is 401 g/mol. The molecule has 3 aromatic rings. The van der Waals surface area contributed by atoms with Crippen molar-refractivity contribution in [2.75, 3.05) is 12.0 Å². The van der Waals surface area contributed by atoms with Crippen molar-refractivity contribution in [1.82, 2.24) is 10.3 Å². The van der Waals surface area contributed by atoms with Crippen LogP contribution in [0.25, 0.3) is 10.9 Å². The van der Waals surface area contributed by atoms with Gasteiger partial charge in [0.05, 0.1) is 16.3 Å². The number of aromatic amines is 1. The normalized spacial score (nSPS) is 15.9. The summed E-state index contributed by atoms with van der Waals surface area (Å²) in [6, 6.07) is 10.0. The summed E-state index contributed by atoms with van der Waals surface area (Å²) in [4.78, 5) is 15.3. The van der Waals surface area contributed by atoms with E-state index in [2.05, 4.69) is 20.8 Å². The molecule has 0 spiro atoms. The molecule has 5 N–H and O–H groups in total. The molecular formula is C18H16FN5O3S. The Hall–Kier alpha value is -3.24. The van der Waals surface area contributed by atoms with Crippen molar-refractivity contribution in [3.05, 3.63) is 59.5 Å². The zero-order valence-electron chi connectivity index (χ0n) is 14.5. The highest BCUT2D eigenvalue weighted by Gasteiger charge is 2.25.